The Kier molecular flexibility index (Phi) is 11.6. The minimum Gasteiger partial charge on any atom is -0.496 e. The first kappa shape index (κ1) is 36.6. The normalized spacial score (nSPS) is 15.7. The summed E-state index contributed by atoms with van der Waals surface area (Å²) in [6.07, 6.45) is 0.524. The fraction of sp³-hybridized carbons (Fsp3) is 0.568. The maximum absolute atomic E-state index is 13.3. The van der Waals surface area contributed by atoms with E-state index in [1.807, 2.05) is 67.0 Å². The second kappa shape index (κ2) is 15.3. The van der Waals surface area contributed by atoms with Crippen LogP contribution in [0.15, 0.2) is 36.4 Å². The molecule has 4 rings (SSSR count). The minimum atomic E-state index is -0.571. The zero-order chi connectivity index (χ0) is 35.2. The van der Waals surface area contributed by atoms with Crippen molar-refractivity contribution in [1.82, 2.24) is 19.6 Å². The Balaban J connectivity index is 1.43. The maximum Gasteiger partial charge on any atom is 0.410 e. The molecule has 0 atom stereocenters. The number of benzene rings is 2. The van der Waals surface area contributed by atoms with Crippen molar-refractivity contribution in [3.63, 3.8) is 0 Å². The summed E-state index contributed by atoms with van der Waals surface area (Å²) < 4.78 is 16.9. The zero-order valence-corrected chi connectivity index (χ0v) is 29.9. The molecule has 2 aliphatic heterocycles. The average molecular weight is 665 g/mol. The Labute approximate surface area is 285 Å². The summed E-state index contributed by atoms with van der Waals surface area (Å²) in [5.41, 5.74) is 2.51. The highest BCUT2D eigenvalue weighted by Gasteiger charge is 2.29. The van der Waals surface area contributed by atoms with Crippen LogP contribution in [0.1, 0.15) is 59.1 Å². The number of amides is 4. The van der Waals surface area contributed by atoms with E-state index in [1.54, 1.807) is 24.0 Å². The number of carbonyl (C=O) groups is 4. The first-order chi connectivity index (χ1) is 22.6. The monoisotopic (exact) mass is 664 g/mol. The van der Waals surface area contributed by atoms with Gasteiger partial charge < -0.3 is 33.8 Å². The molecule has 2 aromatic carbocycles. The number of methoxy groups -OCH3 is 2. The van der Waals surface area contributed by atoms with Gasteiger partial charge in [0, 0.05) is 69.9 Å². The van der Waals surface area contributed by atoms with Crippen LogP contribution in [0.2, 0.25) is 0 Å². The van der Waals surface area contributed by atoms with Crippen molar-refractivity contribution in [3.8, 4) is 22.6 Å². The Morgan fingerprint density at radius 1 is 0.583 bits per heavy atom. The average Bonchev–Trinajstić information content (AvgIpc) is 3.03. The van der Waals surface area contributed by atoms with Gasteiger partial charge in [0.2, 0.25) is 17.7 Å². The molecular formula is C37H52N4O7. The lowest BCUT2D eigenvalue weighted by Gasteiger charge is -2.36. The van der Waals surface area contributed by atoms with E-state index in [9.17, 15) is 19.2 Å². The van der Waals surface area contributed by atoms with Gasteiger partial charge in [0.15, 0.2) is 0 Å². The van der Waals surface area contributed by atoms with Gasteiger partial charge in [-0.1, -0.05) is 32.9 Å². The van der Waals surface area contributed by atoms with E-state index < -0.39 is 5.60 Å². The molecule has 2 aromatic rings. The molecule has 0 unspecified atom stereocenters. The van der Waals surface area contributed by atoms with Crippen LogP contribution >= 0.6 is 0 Å². The van der Waals surface area contributed by atoms with Gasteiger partial charge in [0.05, 0.1) is 27.1 Å². The number of hydrogen-bond acceptors (Lipinski definition) is 7. The number of rotatable bonds is 8. The fourth-order valence-electron chi connectivity index (χ4n) is 5.96. The van der Waals surface area contributed by atoms with Crippen LogP contribution in [0.4, 0.5) is 4.79 Å². The Morgan fingerprint density at radius 3 is 1.31 bits per heavy atom. The molecule has 0 radical (unpaired) electrons. The van der Waals surface area contributed by atoms with Crippen molar-refractivity contribution < 1.29 is 33.4 Å². The lowest BCUT2D eigenvalue weighted by Crippen LogP contribution is -2.52. The maximum atomic E-state index is 13.3. The quantitative estimate of drug-likeness (QED) is 0.405. The summed E-state index contributed by atoms with van der Waals surface area (Å²) in [5, 5.41) is 0. The van der Waals surface area contributed by atoms with Crippen molar-refractivity contribution in [2.24, 2.45) is 5.41 Å². The summed E-state index contributed by atoms with van der Waals surface area (Å²) in [6, 6.07) is 11.3. The summed E-state index contributed by atoms with van der Waals surface area (Å²) in [6.45, 7) is 15.5. The van der Waals surface area contributed by atoms with Gasteiger partial charge in [-0.3, -0.25) is 14.4 Å². The summed E-state index contributed by atoms with van der Waals surface area (Å²) in [4.78, 5) is 58.9. The second-order valence-corrected chi connectivity index (χ2v) is 14.8. The fourth-order valence-corrected chi connectivity index (χ4v) is 5.96. The van der Waals surface area contributed by atoms with E-state index >= 15 is 0 Å². The Morgan fingerprint density at radius 2 is 0.958 bits per heavy atom. The van der Waals surface area contributed by atoms with Crippen molar-refractivity contribution in [1.29, 1.82) is 0 Å². The molecule has 4 amide bonds. The molecule has 0 saturated carbocycles. The van der Waals surface area contributed by atoms with Gasteiger partial charge in [-0.15, -0.1) is 0 Å². The first-order valence-electron chi connectivity index (χ1n) is 16.7. The van der Waals surface area contributed by atoms with Crippen LogP contribution in [0.5, 0.6) is 11.5 Å². The van der Waals surface area contributed by atoms with E-state index in [1.165, 1.54) is 0 Å². The zero-order valence-electron chi connectivity index (χ0n) is 29.9. The van der Waals surface area contributed by atoms with Crippen molar-refractivity contribution in [2.45, 2.75) is 66.4 Å². The minimum absolute atomic E-state index is 0.00659. The standard InChI is InChI=1S/C37H52N4O7/c1-36(2,3)25-34(44)40-15-13-38(14-16-40)32(42)23-26-9-11-30(46-7)28(21-26)29-22-27(10-12-31(29)47-8)24-33(43)39-17-19-41(20-18-39)35(45)48-37(4,5)6/h9-12,21-22H,13-20,23-25H2,1-8H3. The molecule has 2 fully saturated rings. The van der Waals surface area contributed by atoms with E-state index in [4.69, 9.17) is 14.2 Å². The lowest BCUT2D eigenvalue weighted by atomic mass is 9.91. The molecular weight excluding hydrogens is 612 g/mol. The SMILES string of the molecule is COc1ccc(CC(=O)N2CCN(C(=O)CC(C)(C)C)CC2)cc1-c1cc(CC(=O)N2CCN(C(=O)OC(C)(C)C)CC2)ccc1OC. The van der Waals surface area contributed by atoms with Crippen LogP contribution < -0.4 is 9.47 Å². The number of ether oxygens (including phenoxy) is 3. The molecule has 262 valence electrons. The van der Waals surface area contributed by atoms with Crippen molar-refractivity contribution in [2.75, 3.05) is 66.6 Å². The lowest BCUT2D eigenvalue weighted by molar-refractivity contribution is -0.140. The number of piperazine rings is 2. The molecule has 0 aromatic heterocycles. The third-order valence-electron chi connectivity index (χ3n) is 8.48. The molecule has 11 heteroatoms. The van der Waals surface area contributed by atoms with Crippen molar-refractivity contribution in [3.05, 3.63) is 47.5 Å². The molecule has 0 N–H and O–H groups in total. The molecule has 11 nitrogen and oxygen atoms in total. The number of carbonyl (C=O) groups excluding carboxylic acids is 4. The summed E-state index contributed by atoms with van der Waals surface area (Å²) >= 11 is 0. The van der Waals surface area contributed by atoms with Gasteiger partial charge in [0.1, 0.15) is 17.1 Å². The Bertz CT molecular complexity index is 1370. The molecule has 2 heterocycles. The highest BCUT2D eigenvalue weighted by molar-refractivity contribution is 5.84. The van der Waals surface area contributed by atoms with Crippen molar-refractivity contribution >= 4 is 23.8 Å². The van der Waals surface area contributed by atoms with E-state index in [-0.39, 0.29) is 42.1 Å². The third-order valence-corrected chi connectivity index (χ3v) is 8.48. The van der Waals surface area contributed by atoms with Crippen LogP contribution in [-0.4, -0.2) is 116 Å². The molecule has 2 aliphatic rings. The smallest absolute Gasteiger partial charge is 0.410 e. The predicted octanol–water partition coefficient (Wildman–Crippen LogP) is 4.64. The van der Waals surface area contributed by atoms with Gasteiger partial charge in [0.25, 0.3) is 0 Å². The molecule has 48 heavy (non-hydrogen) atoms. The van der Waals surface area contributed by atoms with Gasteiger partial charge >= 0.3 is 6.09 Å². The highest BCUT2D eigenvalue weighted by atomic mass is 16.6. The van der Waals surface area contributed by atoms with Crippen LogP contribution in [0.3, 0.4) is 0 Å². The van der Waals surface area contributed by atoms with E-state index in [0.29, 0.717) is 70.3 Å². The summed E-state index contributed by atoms with van der Waals surface area (Å²) in [7, 11) is 3.19. The van der Waals surface area contributed by atoms with Gasteiger partial charge in [-0.25, -0.2) is 4.79 Å². The van der Waals surface area contributed by atoms with E-state index in [2.05, 4.69) is 20.8 Å². The highest BCUT2D eigenvalue weighted by Crippen LogP contribution is 2.38. The first-order valence-corrected chi connectivity index (χ1v) is 16.7. The molecule has 2 saturated heterocycles. The predicted molar refractivity (Wildman–Crippen MR) is 184 cm³/mol. The molecule has 0 bridgehead atoms. The summed E-state index contributed by atoms with van der Waals surface area (Å²) in [5.74, 6) is 1.36. The third kappa shape index (κ3) is 9.87. The largest absolute Gasteiger partial charge is 0.496 e. The van der Waals surface area contributed by atoms with Crippen LogP contribution in [0.25, 0.3) is 11.1 Å². The second-order valence-electron chi connectivity index (χ2n) is 14.8. The van der Waals surface area contributed by atoms with Crippen LogP contribution in [0, 0.1) is 5.41 Å². The van der Waals surface area contributed by atoms with Crippen LogP contribution in [-0.2, 0) is 32.0 Å². The topological polar surface area (TPSA) is 109 Å². The van der Waals surface area contributed by atoms with Gasteiger partial charge in [-0.05, 0) is 61.6 Å². The van der Waals surface area contributed by atoms with Gasteiger partial charge in [-0.2, -0.15) is 0 Å². The number of nitrogens with zero attached hydrogens (tertiary/aromatic N) is 4. The molecule has 0 aliphatic carbocycles. The molecule has 0 spiro atoms. The Hall–Kier alpha value is -4.28. The van der Waals surface area contributed by atoms with E-state index in [0.717, 1.165) is 22.3 Å². The number of hydrogen-bond donors (Lipinski definition) is 0.